The van der Waals surface area contributed by atoms with Gasteiger partial charge < -0.3 is 9.47 Å². The molecule has 0 bridgehead atoms. The number of fused-ring (bicyclic) bond motifs is 3. The molecule has 5 nitrogen and oxygen atoms in total. The Balaban J connectivity index is 1.32. The van der Waals surface area contributed by atoms with E-state index in [9.17, 15) is 4.79 Å². The molecule has 5 rings (SSSR count). The van der Waals surface area contributed by atoms with Crippen molar-refractivity contribution in [2.24, 2.45) is 11.8 Å². The molecule has 156 valence electrons. The molecule has 2 fully saturated rings. The van der Waals surface area contributed by atoms with Gasteiger partial charge in [0.1, 0.15) is 6.61 Å². The van der Waals surface area contributed by atoms with Gasteiger partial charge in [0.25, 0.3) is 0 Å². The highest BCUT2D eigenvalue weighted by atomic mass is 16.6. The highest BCUT2D eigenvalue weighted by Gasteiger charge is 2.32. The van der Waals surface area contributed by atoms with Gasteiger partial charge in [0.15, 0.2) is 0 Å². The zero-order valence-electron chi connectivity index (χ0n) is 17.7. The number of hydrogen-bond acceptors (Lipinski definition) is 4. The van der Waals surface area contributed by atoms with Crippen LogP contribution in [0.2, 0.25) is 0 Å². The molecule has 0 amide bonds. The molecule has 1 aromatic heterocycles. The largest absolute Gasteiger partial charge is 0.475 e. The number of hydrogen-bond donors (Lipinski definition) is 0. The highest BCUT2D eigenvalue weighted by molar-refractivity contribution is 5.67. The summed E-state index contributed by atoms with van der Waals surface area (Å²) < 4.78 is 13.4. The molecule has 30 heavy (non-hydrogen) atoms. The van der Waals surface area contributed by atoms with Gasteiger partial charge in [-0.15, -0.1) is 0 Å². The molecule has 2 aliphatic heterocycles. The number of rotatable bonds is 5. The first kappa shape index (κ1) is 19.4. The molecule has 2 aromatic rings. The maximum Gasteiger partial charge on any atom is 0.351 e. The lowest BCUT2D eigenvalue weighted by atomic mass is 9.94. The molecule has 2 atom stereocenters. The molecule has 3 heterocycles. The third-order valence-electron chi connectivity index (χ3n) is 6.24. The van der Waals surface area contributed by atoms with Crippen LogP contribution in [0.4, 0.5) is 0 Å². The Morgan fingerprint density at radius 2 is 2.13 bits per heavy atom. The van der Waals surface area contributed by atoms with Crippen LogP contribution in [0.3, 0.4) is 0 Å². The van der Waals surface area contributed by atoms with Crippen molar-refractivity contribution in [2.45, 2.75) is 64.7 Å². The average Bonchev–Trinajstić information content (AvgIpc) is 3.50. The van der Waals surface area contributed by atoms with E-state index in [1.165, 1.54) is 24.0 Å². The predicted octanol–water partition coefficient (Wildman–Crippen LogP) is 3.61. The minimum Gasteiger partial charge on any atom is -0.475 e. The smallest absolute Gasteiger partial charge is 0.351 e. The molecule has 1 saturated carbocycles. The molecule has 0 radical (unpaired) electrons. The SMILES string of the molecule is CC(C)[C@H]1CC(COc2cc3n(c(=O)n2)CCc2cc(CC#CC4CC4)ccc2-3)O1. The van der Waals surface area contributed by atoms with E-state index in [1.54, 1.807) is 4.57 Å². The third kappa shape index (κ3) is 4.02. The van der Waals surface area contributed by atoms with Crippen LogP contribution in [0.1, 0.15) is 44.2 Å². The van der Waals surface area contributed by atoms with Crippen molar-refractivity contribution in [1.29, 1.82) is 0 Å². The second kappa shape index (κ2) is 7.92. The second-order valence-electron chi connectivity index (χ2n) is 9.01. The summed E-state index contributed by atoms with van der Waals surface area (Å²) in [5, 5.41) is 0. The summed E-state index contributed by atoms with van der Waals surface area (Å²) in [6.45, 7) is 5.41. The average molecular weight is 405 g/mol. The van der Waals surface area contributed by atoms with Crippen molar-refractivity contribution in [2.75, 3.05) is 6.61 Å². The lowest BCUT2D eigenvalue weighted by Gasteiger charge is -2.38. The van der Waals surface area contributed by atoms with Crippen LogP contribution in [0.25, 0.3) is 11.3 Å². The third-order valence-corrected chi connectivity index (χ3v) is 6.24. The maximum absolute atomic E-state index is 12.6. The molecule has 0 N–H and O–H groups in total. The topological polar surface area (TPSA) is 53.4 Å². The van der Waals surface area contributed by atoms with E-state index < -0.39 is 0 Å². The van der Waals surface area contributed by atoms with E-state index in [1.807, 2.05) is 6.07 Å². The Kier molecular flexibility index (Phi) is 5.12. The fourth-order valence-corrected chi connectivity index (χ4v) is 4.18. The van der Waals surface area contributed by atoms with Crippen LogP contribution in [-0.4, -0.2) is 28.4 Å². The summed E-state index contributed by atoms with van der Waals surface area (Å²) in [7, 11) is 0. The lowest BCUT2D eigenvalue weighted by molar-refractivity contribution is -0.156. The maximum atomic E-state index is 12.6. The first-order valence-corrected chi connectivity index (χ1v) is 11.1. The molecular weight excluding hydrogens is 376 g/mol. The van der Waals surface area contributed by atoms with Gasteiger partial charge >= 0.3 is 5.69 Å². The van der Waals surface area contributed by atoms with Crippen molar-refractivity contribution in [1.82, 2.24) is 9.55 Å². The molecule has 0 spiro atoms. The van der Waals surface area contributed by atoms with Crippen molar-refractivity contribution >= 4 is 0 Å². The zero-order chi connectivity index (χ0) is 20.7. The molecule has 5 heteroatoms. The molecule has 3 aliphatic rings. The number of nitrogens with zero attached hydrogens (tertiary/aromatic N) is 2. The zero-order valence-corrected chi connectivity index (χ0v) is 17.7. The lowest BCUT2D eigenvalue weighted by Crippen LogP contribution is -2.44. The number of aromatic nitrogens is 2. The Morgan fingerprint density at radius 1 is 1.30 bits per heavy atom. The van der Waals surface area contributed by atoms with E-state index in [2.05, 4.69) is 48.9 Å². The Labute approximate surface area is 177 Å². The van der Waals surface area contributed by atoms with E-state index in [4.69, 9.17) is 9.47 Å². The van der Waals surface area contributed by atoms with Crippen LogP contribution >= 0.6 is 0 Å². The molecule has 1 aromatic carbocycles. The quantitative estimate of drug-likeness (QED) is 0.715. The standard InChI is InChI=1S/C25H28N2O3/c1-16(2)23-13-20(30-23)15-29-24-14-22-21-9-8-18(5-3-4-17-6-7-17)12-19(21)10-11-27(22)25(28)26-24/h8-9,12,14,16-17,20,23H,5-7,10-11,13,15H2,1-2H3/t20?,23-/m1/s1. The summed E-state index contributed by atoms with van der Waals surface area (Å²) in [6, 6.07) is 8.36. The van der Waals surface area contributed by atoms with E-state index in [-0.39, 0.29) is 11.8 Å². The van der Waals surface area contributed by atoms with Crippen LogP contribution < -0.4 is 10.4 Å². The van der Waals surface area contributed by atoms with Crippen molar-refractivity contribution in [3.05, 3.63) is 45.9 Å². The van der Waals surface area contributed by atoms with E-state index in [0.717, 1.165) is 30.5 Å². The van der Waals surface area contributed by atoms with Gasteiger partial charge in [-0.3, -0.25) is 4.57 Å². The normalized spacial score (nSPS) is 21.8. The van der Waals surface area contributed by atoms with Crippen LogP contribution in [0.15, 0.2) is 29.1 Å². The van der Waals surface area contributed by atoms with Gasteiger partial charge in [-0.2, -0.15) is 4.98 Å². The second-order valence-corrected chi connectivity index (χ2v) is 9.01. The first-order chi connectivity index (χ1) is 14.6. The van der Waals surface area contributed by atoms with Crippen LogP contribution in [0.5, 0.6) is 5.88 Å². The first-order valence-electron chi connectivity index (χ1n) is 11.1. The molecule has 1 unspecified atom stereocenters. The number of aryl methyl sites for hydroxylation is 1. The summed E-state index contributed by atoms with van der Waals surface area (Å²) >= 11 is 0. The minimum absolute atomic E-state index is 0.0876. The van der Waals surface area contributed by atoms with Gasteiger partial charge in [0.05, 0.1) is 17.9 Å². The van der Waals surface area contributed by atoms with Gasteiger partial charge in [-0.05, 0) is 36.3 Å². The Hall–Kier alpha value is -2.58. The molecular formula is C25H28N2O3. The van der Waals surface area contributed by atoms with Crippen LogP contribution in [-0.2, 0) is 24.1 Å². The molecule has 1 aliphatic carbocycles. The summed E-state index contributed by atoms with van der Waals surface area (Å²) in [4.78, 5) is 16.7. The van der Waals surface area contributed by atoms with E-state index >= 15 is 0 Å². The summed E-state index contributed by atoms with van der Waals surface area (Å²) in [5.74, 6) is 8.18. The fraction of sp³-hybridized carbons (Fsp3) is 0.520. The fourth-order valence-electron chi connectivity index (χ4n) is 4.18. The van der Waals surface area contributed by atoms with Gasteiger partial charge in [-0.1, -0.05) is 43.9 Å². The number of benzene rings is 1. The highest BCUT2D eigenvalue weighted by Crippen LogP contribution is 2.32. The summed E-state index contributed by atoms with van der Waals surface area (Å²) in [5.41, 5.74) is 4.23. The number of ether oxygens (including phenoxy) is 2. The van der Waals surface area contributed by atoms with Crippen molar-refractivity contribution < 1.29 is 9.47 Å². The van der Waals surface area contributed by atoms with Gasteiger partial charge in [0.2, 0.25) is 5.88 Å². The summed E-state index contributed by atoms with van der Waals surface area (Å²) in [6.07, 6.45) is 5.54. The van der Waals surface area contributed by atoms with Gasteiger partial charge in [0, 0.05) is 36.9 Å². The Morgan fingerprint density at radius 3 is 2.90 bits per heavy atom. The predicted molar refractivity (Wildman–Crippen MR) is 115 cm³/mol. The monoisotopic (exact) mass is 404 g/mol. The van der Waals surface area contributed by atoms with Gasteiger partial charge in [-0.25, -0.2) is 4.79 Å². The van der Waals surface area contributed by atoms with Crippen LogP contribution in [0, 0.1) is 23.7 Å². The van der Waals surface area contributed by atoms with Crippen molar-refractivity contribution in [3.63, 3.8) is 0 Å². The Bertz CT molecular complexity index is 1070. The minimum atomic E-state index is -0.248. The van der Waals surface area contributed by atoms with E-state index in [0.29, 0.717) is 37.0 Å². The van der Waals surface area contributed by atoms with Crippen molar-refractivity contribution in [3.8, 4) is 29.0 Å². The molecule has 1 saturated heterocycles.